The summed E-state index contributed by atoms with van der Waals surface area (Å²) in [7, 11) is 0. The summed E-state index contributed by atoms with van der Waals surface area (Å²) >= 11 is 0. The zero-order valence-electron chi connectivity index (χ0n) is 14.4. The van der Waals surface area contributed by atoms with Crippen LogP contribution in [0.4, 0.5) is 11.4 Å². The van der Waals surface area contributed by atoms with Gasteiger partial charge in [-0.25, -0.2) is 0 Å². The lowest BCUT2D eigenvalue weighted by Crippen LogP contribution is -2.53. The van der Waals surface area contributed by atoms with Crippen molar-refractivity contribution >= 4 is 17.3 Å². The Labute approximate surface area is 144 Å². The average Bonchev–Trinajstić information content (AvgIpc) is 2.62. The number of hydrogen-bond donors (Lipinski definition) is 1. The van der Waals surface area contributed by atoms with Crippen molar-refractivity contribution in [1.29, 1.82) is 0 Å². The van der Waals surface area contributed by atoms with Crippen molar-refractivity contribution in [2.24, 2.45) is 0 Å². The SMILES string of the molecule is Cc1ccccc1N1CCN([C@H](C)C(=O)Nc2ccccc2)CC1. The number of hydrogen-bond acceptors (Lipinski definition) is 3. The van der Waals surface area contributed by atoms with E-state index in [-0.39, 0.29) is 11.9 Å². The van der Waals surface area contributed by atoms with E-state index >= 15 is 0 Å². The lowest BCUT2D eigenvalue weighted by Gasteiger charge is -2.39. The van der Waals surface area contributed by atoms with Crippen LogP contribution in [0.15, 0.2) is 54.6 Å². The van der Waals surface area contributed by atoms with Gasteiger partial charge in [0.2, 0.25) is 5.91 Å². The van der Waals surface area contributed by atoms with Crippen molar-refractivity contribution in [1.82, 2.24) is 4.90 Å². The molecule has 1 heterocycles. The summed E-state index contributed by atoms with van der Waals surface area (Å²) in [5.74, 6) is 0.0607. The van der Waals surface area contributed by atoms with Crippen molar-refractivity contribution in [2.75, 3.05) is 36.4 Å². The minimum atomic E-state index is -0.121. The average molecular weight is 323 g/mol. The molecule has 1 saturated heterocycles. The fourth-order valence-corrected chi connectivity index (χ4v) is 3.20. The molecule has 0 bridgehead atoms. The highest BCUT2D eigenvalue weighted by Crippen LogP contribution is 2.21. The summed E-state index contributed by atoms with van der Waals surface area (Å²) in [5.41, 5.74) is 3.47. The molecular weight excluding hydrogens is 298 g/mol. The third kappa shape index (κ3) is 3.77. The van der Waals surface area contributed by atoms with Crippen LogP contribution in [0, 0.1) is 6.92 Å². The molecule has 1 aliphatic rings. The Morgan fingerprint density at radius 2 is 1.58 bits per heavy atom. The second-order valence-electron chi connectivity index (χ2n) is 6.34. The largest absolute Gasteiger partial charge is 0.369 e. The van der Waals surface area contributed by atoms with Crippen molar-refractivity contribution in [3.05, 3.63) is 60.2 Å². The highest BCUT2D eigenvalue weighted by molar-refractivity contribution is 5.94. The first kappa shape index (κ1) is 16.5. The molecule has 1 aliphatic heterocycles. The second-order valence-corrected chi connectivity index (χ2v) is 6.34. The zero-order chi connectivity index (χ0) is 16.9. The van der Waals surface area contributed by atoms with Crippen LogP contribution < -0.4 is 10.2 Å². The van der Waals surface area contributed by atoms with E-state index < -0.39 is 0 Å². The Morgan fingerprint density at radius 1 is 0.958 bits per heavy atom. The second kappa shape index (κ2) is 7.49. The highest BCUT2D eigenvalue weighted by atomic mass is 16.2. The number of benzene rings is 2. The van der Waals surface area contributed by atoms with Gasteiger partial charge in [0.15, 0.2) is 0 Å². The van der Waals surface area contributed by atoms with E-state index in [1.165, 1.54) is 11.3 Å². The summed E-state index contributed by atoms with van der Waals surface area (Å²) in [6.07, 6.45) is 0. The topological polar surface area (TPSA) is 35.6 Å². The molecule has 2 aromatic carbocycles. The smallest absolute Gasteiger partial charge is 0.241 e. The van der Waals surface area contributed by atoms with Crippen LogP contribution in [0.1, 0.15) is 12.5 Å². The van der Waals surface area contributed by atoms with Crippen LogP contribution in [0.25, 0.3) is 0 Å². The lowest BCUT2D eigenvalue weighted by atomic mass is 10.1. The number of nitrogens with zero attached hydrogens (tertiary/aromatic N) is 2. The summed E-state index contributed by atoms with van der Waals surface area (Å²) in [5, 5.41) is 3.00. The van der Waals surface area contributed by atoms with E-state index in [4.69, 9.17) is 0 Å². The standard InChI is InChI=1S/C20H25N3O/c1-16-8-6-7-11-19(16)23-14-12-22(13-15-23)17(2)20(24)21-18-9-4-3-5-10-18/h3-11,17H,12-15H2,1-2H3,(H,21,24)/t17-/m1/s1. The van der Waals surface area contributed by atoms with Crippen molar-refractivity contribution in [2.45, 2.75) is 19.9 Å². The Kier molecular flexibility index (Phi) is 5.16. The molecule has 126 valence electrons. The molecule has 1 fully saturated rings. The summed E-state index contributed by atoms with van der Waals surface area (Å²) < 4.78 is 0. The van der Waals surface area contributed by atoms with Gasteiger partial charge in [0.1, 0.15) is 0 Å². The van der Waals surface area contributed by atoms with E-state index in [1.807, 2.05) is 37.3 Å². The molecule has 0 unspecified atom stereocenters. The lowest BCUT2D eigenvalue weighted by molar-refractivity contribution is -0.120. The number of para-hydroxylation sites is 2. The maximum absolute atomic E-state index is 12.5. The van der Waals surface area contributed by atoms with E-state index in [0.717, 1.165) is 31.9 Å². The van der Waals surface area contributed by atoms with Crippen LogP contribution >= 0.6 is 0 Å². The zero-order valence-corrected chi connectivity index (χ0v) is 14.4. The van der Waals surface area contributed by atoms with Gasteiger partial charge in [0, 0.05) is 37.6 Å². The molecule has 1 atom stereocenters. The summed E-state index contributed by atoms with van der Waals surface area (Å²) in [6, 6.07) is 18.0. The van der Waals surface area contributed by atoms with Gasteiger partial charge in [-0.3, -0.25) is 9.69 Å². The number of carbonyl (C=O) groups is 1. The van der Waals surface area contributed by atoms with Gasteiger partial charge in [0.25, 0.3) is 0 Å². The normalized spacial score (nSPS) is 16.7. The molecule has 3 rings (SSSR count). The first-order valence-electron chi connectivity index (χ1n) is 8.55. The maximum Gasteiger partial charge on any atom is 0.241 e. The first-order valence-corrected chi connectivity index (χ1v) is 8.55. The van der Waals surface area contributed by atoms with Crippen LogP contribution in [0.3, 0.4) is 0 Å². The van der Waals surface area contributed by atoms with Crippen molar-refractivity contribution in [3.8, 4) is 0 Å². The highest BCUT2D eigenvalue weighted by Gasteiger charge is 2.26. The predicted molar refractivity (Wildman–Crippen MR) is 99.5 cm³/mol. The molecule has 4 heteroatoms. The third-order valence-corrected chi connectivity index (χ3v) is 4.74. The molecule has 4 nitrogen and oxygen atoms in total. The van der Waals surface area contributed by atoms with Gasteiger partial charge in [-0.1, -0.05) is 36.4 Å². The van der Waals surface area contributed by atoms with Gasteiger partial charge in [-0.15, -0.1) is 0 Å². The van der Waals surface area contributed by atoms with E-state index in [0.29, 0.717) is 0 Å². The molecule has 0 aromatic heterocycles. The molecular formula is C20H25N3O. The van der Waals surface area contributed by atoms with Gasteiger partial charge < -0.3 is 10.2 Å². The fraction of sp³-hybridized carbons (Fsp3) is 0.350. The molecule has 2 aromatic rings. The maximum atomic E-state index is 12.5. The van der Waals surface area contributed by atoms with Gasteiger partial charge in [0.05, 0.1) is 6.04 Å². The van der Waals surface area contributed by atoms with Crippen LogP contribution in [0.5, 0.6) is 0 Å². The van der Waals surface area contributed by atoms with E-state index in [1.54, 1.807) is 0 Å². The van der Waals surface area contributed by atoms with Crippen molar-refractivity contribution in [3.63, 3.8) is 0 Å². The molecule has 0 spiro atoms. The van der Waals surface area contributed by atoms with Gasteiger partial charge in [-0.05, 0) is 37.6 Å². The minimum Gasteiger partial charge on any atom is -0.369 e. The van der Waals surface area contributed by atoms with Crippen LogP contribution in [-0.2, 0) is 4.79 Å². The Morgan fingerprint density at radius 3 is 2.25 bits per heavy atom. The van der Waals surface area contributed by atoms with Gasteiger partial charge >= 0.3 is 0 Å². The number of carbonyl (C=O) groups excluding carboxylic acids is 1. The number of piperazine rings is 1. The first-order chi connectivity index (χ1) is 11.6. The quantitative estimate of drug-likeness (QED) is 0.939. The Hall–Kier alpha value is -2.33. The molecule has 0 radical (unpaired) electrons. The number of amides is 1. The summed E-state index contributed by atoms with van der Waals surface area (Å²) in [4.78, 5) is 17.1. The molecule has 0 saturated carbocycles. The van der Waals surface area contributed by atoms with Crippen LogP contribution in [-0.4, -0.2) is 43.0 Å². The van der Waals surface area contributed by atoms with Crippen LogP contribution in [0.2, 0.25) is 0 Å². The molecule has 24 heavy (non-hydrogen) atoms. The Balaban J connectivity index is 1.56. The summed E-state index contributed by atoms with van der Waals surface area (Å²) in [6.45, 7) is 7.84. The molecule has 1 N–H and O–H groups in total. The van der Waals surface area contributed by atoms with Crippen molar-refractivity contribution < 1.29 is 4.79 Å². The van der Waals surface area contributed by atoms with E-state index in [2.05, 4.69) is 46.3 Å². The van der Waals surface area contributed by atoms with E-state index in [9.17, 15) is 4.79 Å². The van der Waals surface area contributed by atoms with Gasteiger partial charge in [-0.2, -0.15) is 0 Å². The molecule has 1 amide bonds. The number of nitrogens with one attached hydrogen (secondary N) is 1. The number of aryl methyl sites for hydroxylation is 1. The third-order valence-electron chi connectivity index (χ3n) is 4.74. The monoisotopic (exact) mass is 323 g/mol. The minimum absolute atomic E-state index is 0.0607. The number of rotatable bonds is 4. The predicted octanol–water partition coefficient (Wildman–Crippen LogP) is 3.14. The fourth-order valence-electron chi connectivity index (χ4n) is 3.20. The Bertz CT molecular complexity index is 678. The molecule has 0 aliphatic carbocycles. The number of anilines is 2.